The van der Waals surface area contributed by atoms with Gasteiger partial charge in [0.25, 0.3) is 5.91 Å². The molecule has 9 heteroatoms. The number of carbonyl (C=O) groups is 1. The molecule has 5 N–H and O–H groups in total. The van der Waals surface area contributed by atoms with Gasteiger partial charge in [-0.3, -0.25) is 4.79 Å². The van der Waals surface area contributed by atoms with Gasteiger partial charge in [-0.2, -0.15) is 9.97 Å². The summed E-state index contributed by atoms with van der Waals surface area (Å²) in [6, 6.07) is 6.38. The average Bonchev–Trinajstić information content (AvgIpc) is 3.22. The molecule has 0 radical (unpaired) electrons. The molecule has 1 amide bonds. The second kappa shape index (κ2) is 9.64. The van der Waals surface area contributed by atoms with Crippen molar-refractivity contribution in [3.63, 3.8) is 0 Å². The lowest BCUT2D eigenvalue weighted by Gasteiger charge is -2.34. The number of fused-ring (bicyclic) bond motifs is 1. The Hall–Kier alpha value is -2.88. The van der Waals surface area contributed by atoms with Gasteiger partial charge in [0.15, 0.2) is 0 Å². The first-order valence-electron chi connectivity index (χ1n) is 12.1. The quantitative estimate of drug-likeness (QED) is 0.412. The van der Waals surface area contributed by atoms with Crippen molar-refractivity contribution in [2.45, 2.75) is 71.9 Å². The predicted octanol–water partition coefficient (Wildman–Crippen LogP) is 4.02. The zero-order chi connectivity index (χ0) is 25.4. The third-order valence-corrected chi connectivity index (χ3v) is 7.21. The number of anilines is 2. The van der Waals surface area contributed by atoms with Gasteiger partial charge in [-0.05, 0) is 63.9 Å². The van der Waals surface area contributed by atoms with E-state index in [2.05, 4.69) is 73.8 Å². The molecule has 35 heavy (non-hydrogen) atoms. The van der Waals surface area contributed by atoms with E-state index >= 15 is 0 Å². The van der Waals surface area contributed by atoms with Crippen molar-refractivity contribution < 1.29 is 10.1 Å². The van der Waals surface area contributed by atoms with Crippen molar-refractivity contribution in [1.29, 1.82) is 0 Å². The number of nitrogens with zero attached hydrogens (tertiary/aromatic N) is 3. The van der Waals surface area contributed by atoms with E-state index in [1.807, 2.05) is 24.5 Å². The summed E-state index contributed by atoms with van der Waals surface area (Å²) in [7, 11) is 0. The van der Waals surface area contributed by atoms with Gasteiger partial charge in [0.1, 0.15) is 10.6 Å². The van der Waals surface area contributed by atoms with Crippen molar-refractivity contribution in [1.82, 2.24) is 25.6 Å². The van der Waals surface area contributed by atoms with E-state index in [4.69, 9.17) is 9.97 Å². The number of rotatable bonds is 6. The lowest BCUT2D eigenvalue weighted by molar-refractivity contribution is -0.487. The number of hydrogen-bond donors (Lipinski definition) is 4. The molecule has 2 aromatic heterocycles. The molecule has 0 spiro atoms. The Balaban J connectivity index is 1.64. The molecule has 3 heterocycles. The summed E-state index contributed by atoms with van der Waals surface area (Å²) in [5.74, 6) is 1.56. The number of quaternary nitrogens is 1. The Kier molecular flexibility index (Phi) is 6.95. The SMILES string of the molecule is CC(C)NC(=O)c1cnc(Nc2ccc3c(c2)CCNC3(C)C)nc1[NH2+]c1csc(C(C)(C)C)n1. The summed E-state index contributed by atoms with van der Waals surface area (Å²) < 4.78 is 0. The van der Waals surface area contributed by atoms with Crippen LogP contribution < -0.4 is 21.3 Å². The molecule has 0 saturated carbocycles. The van der Waals surface area contributed by atoms with E-state index in [-0.39, 0.29) is 22.9 Å². The van der Waals surface area contributed by atoms with Crippen LogP contribution in [0.5, 0.6) is 0 Å². The summed E-state index contributed by atoms with van der Waals surface area (Å²) >= 11 is 1.61. The van der Waals surface area contributed by atoms with Crippen LogP contribution in [-0.4, -0.2) is 33.4 Å². The largest absolute Gasteiger partial charge is 0.350 e. The molecule has 8 nitrogen and oxygen atoms in total. The summed E-state index contributed by atoms with van der Waals surface area (Å²) in [5.41, 5.74) is 3.89. The molecule has 0 atom stereocenters. The zero-order valence-electron chi connectivity index (χ0n) is 21.6. The van der Waals surface area contributed by atoms with Crippen LogP contribution in [0.1, 0.15) is 75.0 Å². The van der Waals surface area contributed by atoms with Gasteiger partial charge in [0, 0.05) is 22.7 Å². The first-order valence-corrected chi connectivity index (χ1v) is 12.9. The topological polar surface area (TPSA) is 108 Å². The van der Waals surface area contributed by atoms with Gasteiger partial charge < -0.3 is 16.0 Å². The average molecular weight is 495 g/mol. The van der Waals surface area contributed by atoms with Crippen LogP contribution in [-0.2, 0) is 17.4 Å². The number of nitrogens with two attached hydrogens (primary N) is 1. The molecular formula is C26H36N7OS+. The Morgan fingerprint density at radius 1 is 1.23 bits per heavy atom. The van der Waals surface area contributed by atoms with E-state index in [0.29, 0.717) is 17.3 Å². The van der Waals surface area contributed by atoms with Crippen LogP contribution in [0.25, 0.3) is 0 Å². The Morgan fingerprint density at radius 3 is 2.69 bits per heavy atom. The molecule has 1 aliphatic heterocycles. The van der Waals surface area contributed by atoms with Crippen molar-refractivity contribution >= 4 is 40.5 Å². The molecule has 186 valence electrons. The van der Waals surface area contributed by atoms with Crippen molar-refractivity contribution in [3.8, 4) is 0 Å². The summed E-state index contributed by atoms with van der Waals surface area (Å²) in [5, 5.41) is 14.7. The van der Waals surface area contributed by atoms with E-state index in [0.717, 1.165) is 29.5 Å². The maximum atomic E-state index is 12.9. The zero-order valence-corrected chi connectivity index (χ0v) is 22.4. The van der Waals surface area contributed by atoms with Gasteiger partial charge in [-0.25, -0.2) is 10.3 Å². The molecular weight excluding hydrogens is 458 g/mol. The molecule has 0 fully saturated rings. The van der Waals surface area contributed by atoms with E-state index in [9.17, 15) is 4.79 Å². The molecule has 0 saturated heterocycles. The van der Waals surface area contributed by atoms with Crippen molar-refractivity contribution in [2.75, 3.05) is 11.9 Å². The van der Waals surface area contributed by atoms with Gasteiger partial charge in [-0.15, -0.1) is 11.3 Å². The maximum absolute atomic E-state index is 12.9. The monoisotopic (exact) mass is 494 g/mol. The number of nitrogens with one attached hydrogen (secondary N) is 3. The standard InChI is InChI=1S/C26H35N7OS/c1-15(2)29-22(34)18-13-27-24(33-21(18)31-20-14-35-23(32-20)25(3,4)5)30-17-8-9-19-16(12-17)10-11-28-26(19,6)7/h8-9,12-15,28H,10-11H2,1-7H3,(H,29,34)(H2,27,30,31,33)/p+1. The highest BCUT2D eigenvalue weighted by Crippen LogP contribution is 2.31. The van der Waals surface area contributed by atoms with Crippen LogP contribution in [0.4, 0.5) is 23.3 Å². The van der Waals surface area contributed by atoms with E-state index < -0.39 is 0 Å². The van der Waals surface area contributed by atoms with Crippen LogP contribution in [0, 0.1) is 0 Å². The second-order valence-electron chi connectivity index (χ2n) is 10.9. The molecule has 4 rings (SSSR count). The molecule has 0 bridgehead atoms. The first-order chi connectivity index (χ1) is 16.4. The first kappa shape index (κ1) is 25.2. The molecule has 0 unspecified atom stereocenters. The van der Waals surface area contributed by atoms with Crippen LogP contribution in [0.15, 0.2) is 29.8 Å². The van der Waals surface area contributed by atoms with Gasteiger partial charge >= 0.3 is 0 Å². The number of hydrogen-bond acceptors (Lipinski definition) is 7. The van der Waals surface area contributed by atoms with Gasteiger partial charge in [0.05, 0.1) is 11.6 Å². The van der Waals surface area contributed by atoms with Crippen molar-refractivity contribution in [2.24, 2.45) is 0 Å². The summed E-state index contributed by atoms with van der Waals surface area (Å²) in [6.07, 6.45) is 2.56. The fourth-order valence-electron chi connectivity index (χ4n) is 4.14. The molecule has 0 aliphatic carbocycles. The minimum absolute atomic E-state index is 0.00848. The fraction of sp³-hybridized carbons (Fsp3) is 0.462. The van der Waals surface area contributed by atoms with Crippen molar-refractivity contribution in [3.05, 3.63) is 51.5 Å². The third kappa shape index (κ3) is 5.86. The Labute approximate surface area is 211 Å². The number of benzene rings is 1. The highest BCUT2D eigenvalue weighted by Gasteiger charge is 2.27. The van der Waals surface area contributed by atoms with E-state index in [1.54, 1.807) is 17.5 Å². The number of aromatic nitrogens is 3. The molecule has 1 aliphatic rings. The van der Waals surface area contributed by atoms with Crippen LogP contribution in [0.2, 0.25) is 0 Å². The van der Waals surface area contributed by atoms with Gasteiger partial charge in [0.2, 0.25) is 17.6 Å². The minimum atomic E-state index is -0.201. The fourth-order valence-corrected chi connectivity index (χ4v) is 5.00. The molecule has 3 aromatic rings. The Bertz CT molecular complexity index is 1230. The number of amides is 1. The smallest absolute Gasteiger partial charge is 0.260 e. The highest BCUT2D eigenvalue weighted by atomic mass is 32.1. The van der Waals surface area contributed by atoms with Crippen LogP contribution >= 0.6 is 11.3 Å². The number of thiazole rings is 1. The molecule has 1 aromatic carbocycles. The highest BCUT2D eigenvalue weighted by molar-refractivity contribution is 7.10. The summed E-state index contributed by atoms with van der Waals surface area (Å²) in [4.78, 5) is 26.8. The van der Waals surface area contributed by atoms with E-state index in [1.165, 1.54) is 11.1 Å². The maximum Gasteiger partial charge on any atom is 0.260 e. The predicted molar refractivity (Wildman–Crippen MR) is 141 cm³/mol. The minimum Gasteiger partial charge on any atom is -0.350 e. The lowest BCUT2D eigenvalue weighted by Crippen LogP contribution is -2.72. The lowest BCUT2D eigenvalue weighted by atomic mass is 9.85. The van der Waals surface area contributed by atoms with Crippen LogP contribution in [0.3, 0.4) is 0 Å². The number of carbonyl (C=O) groups excluding carboxylic acids is 1. The second-order valence-corrected chi connectivity index (χ2v) is 11.7. The third-order valence-electron chi connectivity index (χ3n) is 5.93. The summed E-state index contributed by atoms with van der Waals surface area (Å²) in [6.45, 7) is 15.6. The van der Waals surface area contributed by atoms with Gasteiger partial charge in [-0.1, -0.05) is 26.8 Å². The normalized spacial score (nSPS) is 15.1. The Morgan fingerprint density at radius 2 is 2.00 bits per heavy atom.